The number of hydrogen-bond acceptors (Lipinski definition) is 0. The fraction of sp³-hybridized carbons (Fsp3) is 0.143. The van der Waals surface area contributed by atoms with Gasteiger partial charge in [-0.1, -0.05) is 68.1 Å². The van der Waals surface area contributed by atoms with E-state index in [-0.39, 0.29) is 0 Å². The molecule has 0 aliphatic heterocycles. The summed E-state index contributed by atoms with van der Waals surface area (Å²) in [4.78, 5) is 0. The molecule has 1 heteroatoms. The lowest BCUT2D eigenvalue weighted by Crippen LogP contribution is -2.06. The van der Waals surface area contributed by atoms with E-state index in [1.165, 1.54) is 28.1 Å². The summed E-state index contributed by atoms with van der Waals surface area (Å²) < 4.78 is 2.36. The third-order valence-corrected chi connectivity index (χ3v) is 4.11. The van der Waals surface area contributed by atoms with E-state index in [0.29, 0.717) is 0 Å². The zero-order valence-corrected chi connectivity index (χ0v) is 13.0. The van der Waals surface area contributed by atoms with Crippen LogP contribution in [0.2, 0.25) is 0 Å². The second-order valence-electron chi connectivity index (χ2n) is 5.42. The molecule has 0 bridgehead atoms. The highest BCUT2D eigenvalue weighted by Crippen LogP contribution is 2.25. The number of benzene rings is 2. The molecule has 1 nitrogen and oxygen atoms in total. The van der Waals surface area contributed by atoms with Gasteiger partial charge in [0.05, 0.1) is 0 Å². The molecule has 22 heavy (non-hydrogen) atoms. The van der Waals surface area contributed by atoms with Crippen molar-refractivity contribution in [3.8, 4) is 11.1 Å². The summed E-state index contributed by atoms with van der Waals surface area (Å²) in [5.41, 5.74) is 6.43. The third kappa shape index (κ3) is 2.75. The first kappa shape index (κ1) is 14.4. The van der Waals surface area contributed by atoms with Crippen LogP contribution in [0, 0.1) is 0 Å². The summed E-state index contributed by atoms with van der Waals surface area (Å²) in [5.74, 6) is 0. The minimum atomic E-state index is 0.878. The lowest BCUT2D eigenvalue weighted by Gasteiger charge is -2.15. The van der Waals surface area contributed by atoms with E-state index >= 15 is 0 Å². The molecule has 0 aliphatic carbocycles. The van der Waals surface area contributed by atoms with E-state index < -0.39 is 0 Å². The lowest BCUT2D eigenvalue weighted by molar-refractivity contribution is 0.745. The Morgan fingerprint density at radius 2 is 1.64 bits per heavy atom. The van der Waals surface area contributed by atoms with Crippen LogP contribution in [0.1, 0.15) is 23.9 Å². The first-order valence-corrected chi connectivity index (χ1v) is 7.77. The van der Waals surface area contributed by atoms with Crippen molar-refractivity contribution in [3.63, 3.8) is 0 Å². The molecular formula is C21H21N. The van der Waals surface area contributed by atoms with Crippen molar-refractivity contribution < 1.29 is 0 Å². The van der Waals surface area contributed by atoms with Crippen molar-refractivity contribution in [2.45, 2.75) is 19.9 Å². The topological polar surface area (TPSA) is 4.93 Å². The van der Waals surface area contributed by atoms with Crippen molar-refractivity contribution in [3.05, 3.63) is 90.3 Å². The van der Waals surface area contributed by atoms with Crippen LogP contribution in [0.3, 0.4) is 0 Å². The highest BCUT2D eigenvalue weighted by atomic mass is 15.0. The van der Waals surface area contributed by atoms with Crippen LogP contribution in [0.15, 0.2) is 73.3 Å². The maximum absolute atomic E-state index is 3.94. The fourth-order valence-electron chi connectivity index (χ4n) is 2.93. The van der Waals surface area contributed by atoms with Crippen LogP contribution < -0.4 is 0 Å². The van der Waals surface area contributed by atoms with Gasteiger partial charge in [-0.05, 0) is 41.3 Å². The molecular weight excluding hydrogens is 266 g/mol. The number of nitrogens with zero attached hydrogens (tertiary/aromatic N) is 1. The van der Waals surface area contributed by atoms with E-state index in [4.69, 9.17) is 0 Å². The van der Waals surface area contributed by atoms with Gasteiger partial charge in [0, 0.05) is 17.9 Å². The molecule has 0 N–H and O–H groups in total. The van der Waals surface area contributed by atoms with Gasteiger partial charge >= 0.3 is 0 Å². The molecule has 0 saturated carbocycles. The van der Waals surface area contributed by atoms with Crippen molar-refractivity contribution in [2.24, 2.45) is 0 Å². The minimum absolute atomic E-state index is 0.878. The zero-order valence-electron chi connectivity index (χ0n) is 13.0. The smallest absolute Gasteiger partial charge is 0.0484 e. The predicted octanol–water partition coefficient (Wildman–Crippen LogP) is 5.41. The number of rotatable bonds is 5. The molecule has 0 fully saturated rings. The van der Waals surface area contributed by atoms with Gasteiger partial charge in [0.1, 0.15) is 0 Å². The molecule has 0 atom stereocenters. The van der Waals surface area contributed by atoms with E-state index in [0.717, 1.165) is 13.0 Å². The molecule has 0 spiro atoms. The molecule has 2 aromatic carbocycles. The van der Waals surface area contributed by atoms with Crippen molar-refractivity contribution in [2.75, 3.05) is 0 Å². The molecule has 1 heterocycles. The second-order valence-corrected chi connectivity index (χ2v) is 5.42. The largest absolute Gasteiger partial charge is 0.341 e. The monoisotopic (exact) mass is 287 g/mol. The van der Waals surface area contributed by atoms with Crippen LogP contribution in [-0.4, -0.2) is 4.57 Å². The molecule has 0 aliphatic rings. The SMILES string of the molecule is C=Cc1ccc(CC)n1Cc1ccccc1-c1ccccc1. The summed E-state index contributed by atoms with van der Waals surface area (Å²) in [5, 5.41) is 0. The maximum Gasteiger partial charge on any atom is 0.0484 e. The van der Waals surface area contributed by atoms with E-state index in [9.17, 15) is 0 Å². The molecule has 0 radical (unpaired) electrons. The summed E-state index contributed by atoms with van der Waals surface area (Å²) >= 11 is 0. The van der Waals surface area contributed by atoms with Gasteiger partial charge in [-0.15, -0.1) is 0 Å². The summed E-state index contributed by atoms with van der Waals surface area (Å²) in [6.45, 7) is 7.01. The fourth-order valence-corrected chi connectivity index (χ4v) is 2.93. The second kappa shape index (κ2) is 6.48. The zero-order chi connectivity index (χ0) is 15.4. The van der Waals surface area contributed by atoms with Crippen molar-refractivity contribution in [1.29, 1.82) is 0 Å². The molecule has 0 amide bonds. The van der Waals surface area contributed by atoms with Crippen LogP contribution in [0.4, 0.5) is 0 Å². The quantitative estimate of drug-likeness (QED) is 0.591. The number of aromatic nitrogens is 1. The Hall–Kier alpha value is -2.54. The Morgan fingerprint density at radius 1 is 0.909 bits per heavy atom. The number of aryl methyl sites for hydroxylation is 1. The average molecular weight is 287 g/mol. The lowest BCUT2D eigenvalue weighted by atomic mass is 9.99. The normalized spacial score (nSPS) is 10.6. The molecule has 3 rings (SSSR count). The standard InChI is InChI=1S/C21H21N/c1-3-19-14-15-20(4-2)22(19)16-18-12-8-9-13-21(18)17-10-6-5-7-11-17/h3,5-15H,1,4,16H2,2H3. The first-order chi connectivity index (χ1) is 10.8. The average Bonchev–Trinajstić information content (AvgIpc) is 2.98. The van der Waals surface area contributed by atoms with Crippen LogP contribution >= 0.6 is 0 Å². The van der Waals surface area contributed by atoms with Crippen LogP contribution in [0.5, 0.6) is 0 Å². The molecule has 0 saturated heterocycles. The Kier molecular flexibility index (Phi) is 4.24. The number of hydrogen-bond donors (Lipinski definition) is 0. The molecule has 1 aromatic heterocycles. The van der Waals surface area contributed by atoms with Crippen molar-refractivity contribution in [1.82, 2.24) is 4.57 Å². The van der Waals surface area contributed by atoms with Crippen LogP contribution in [0.25, 0.3) is 17.2 Å². The van der Waals surface area contributed by atoms with Gasteiger partial charge < -0.3 is 4.57 Å². The van der Waals surface area contributed by atoms with Gasteiger partial charge in [-0.2, -0.15) is 0 Å². The van der Waals surface area contributed by atoms with E-state index in [2.05, 4.69) is 84.8 Å². The van der Waals surface area contributed by atoms with Gasteiger partial charge in [-0.3, -0.25) is 0 Å². The Morgan fingerprint density at radius 3 is 2.36 bits per heavy atom. The highest BCUT2D eigenvalue weighted by Gasteiger charge is 2.09. The predicted molar refractivity (Wildman–Crippen MR) is 94.9 cm³/mol. The minimum Gasteiger partial charge on any atom is -0.341 e. The summed E-state index contributed by atoms with van der Waals surface area (Å²) in [6, 6.07) is 23.6. The molecule has 110 valence electrons. The molecule has 3 aromatic rings. The Balaban J connectivity index is 2.04. The van der Waals surface area contributed by atoms with Gasteiger partial charge in [0.25, 0.3) is 0 Å². The van der Waals surface area contributed by atoms with Gasteiger partial charge in [-0.25, -0.2) is 0 Å². The highest BCUT2D eigenvalue weighted by molar-refractivity contribution is 5.67. The Labute approximate surface area is 132 Å². The van der Waals surface area contributed by atoms with Gasteiger partial charge in [0.2, 0.25) is 0 Å². The van der Waals surface area contributed by atoms with Gasteiger partial charge in [0.15, 0.2) is 0 Å². The van der Waals surface area contributed by atoms with E-state index in [1.807, 2.05) is 6.08 Å². The van der Waals surface area contributed by atoms with Crippen LogP contribution in [-0.2, 0) is 13.0 Å². The maximum atomic E-state index is 3.94. The van der Waals surface area contributed by atoms with Crippen molar-refractivity contribution >= 4 is 6.08 Å². The first-order valence-electron chi connectivity index (χ1n) is 7.77. The summed E-state index contributed by atoms with van der Waals surface area (Å²) in [7, 11) is 0. The third-order valence-electron chi connectivity index (χ3n) is 4.11. The Bertz CT molecular complexity index is 766. The summed E-state index contributed by atoms with van der Waals surface area (Å²) in [6.07, 6.45) is 2.96. The molecule has 0 unspecified atom stereocenters. The van der Waals surface area contributed by atoms with E-state index in [1.54, 1.807) is 0 Å².